The molecule has 3 heterocycles. The summed E-state index contributed by atoms with van der Waals surface area (Å²) in [6.07, 6.45) is 1.95. The van der Waals surface area contributed by atoms with Gasteiger partial charge in [0.05, 0.1) is 28.1 Å². The van der Waals surface area contributed by atoms with Gasteiger partial charge < -0.3 is 15.4 Å². The molecule has 2 N–H and O–H groups in total. The van der Waals surface area contributed by atoms with Crippen LogP contribution < -0.4 is 15.4 Å². The Balaban J connectivity index is 1.03. The molecule has 3 aromatic heterocycles. The summed E-state index contributed by atoms with van der Waals surface area (Å²) >= 11 is 1.85. The third kappa shape index (κ3) is 11.4. The zero-order valence-corrected chi connectivity index (χ0v) is 53.2. The van der Waals surface area contributed by atoms with Gasteiger partial charge in [0.2, 0.25) is 0 Å². The molecule has 83 heavy (non-hydrogen) atoms. The number of fused-ring (bicyclic) bond motifs is 7. The summed E-state index contributed by atoms with van der Waals surface area (Å²) in [6.45, 7) is 41.7. The van der Waals surface area contributed by atoms with Crippen molar-refractivity contribution in [1.29, 1.82) is 0 Å². The SMILES string of the molecule is CC(C)(C)c1cc(-c2cc(C(C)(C)C)cc(-c3cc(C(C)(C)C)cc(C(C)(C)C)c3)c2Nc2ccccc2Nc2cccc(Oc3ccc4c5c6c(ccc5n(-c5cc(C(C)(C)C)ccn5)c4c3)sc3ccccc36)c2)cc(C(C)(C)C)c1. The smallest absolute Gasteiger partial charge is 0.137 e. The van der Waals surface area contributed by atoms with Gasteiger partial charge in [0.1, 0.15) is 17.3 Å². The fourth-order valence-electron chi connectivity index (χ4n) is 11.3. The van der Waals surface area contributed by atoms with E-state index in [2.05, 4.69) is 298 Å². The van der Waals surface area contributed by atoms with Gasteiger partial charge in [0.15, 0.2) is 0 Å². The lowest BCUT2D eigenvalue weighted by molar-refractivity contribution is 0.483. The van der Waals surface area contributed by atoms with Gasteiger partial charge in [-0.05, 0) is 156 Å². The number of hydrogen-bond donors (Lipinski definition) is 2. The Morgan fingerprint density at radius 2 is 0.904 bits per heavy atom. The molecular weight excluding hydrogens is 1030 g/mol. The molecule has 0 bridgehead atoms. The fraction of sp³-hybridized carbons (Fsp3) is 0.312. The Morgan fingerprint density at radius 3 is 1.47 bits per heavy atom. The van der Waals surface area contributed by atoms with E-state index in [-0.39, 0.29) is 32.5 Å². The van der Waals surface area contributed by atoms with E-state index in [0.717, 1.165) is 56.5 Å². The average molecular weight is 1110 g/mol. The topological polar surface area (TPSA) is 51.1 Å². The Labute approximate surface area is 498 Å². The number of nitrogens with one attached hydrogen (secondary N) is 2. The number of para-hydroxylation sites is 2. The van der Waals surface area contributed by atoms with Crippen molar-refractivity contribution in [2.45, 2.75) is 157 Å². The second-order valence-corrected chi connectivity index (χ2v) is 30.4. The molecule has 424 valence electrons. The summed E-state index contributed by atoms with van der Waals surface area (Å²) < 4.78 is 11.8. The first-order valence-corrected chi connectivity index (χ1v) is 30.5. The molecule has 0 unspecified atom stereocenters. The molecule has 0 radical (unpaired) electrons. The minimum atomic E-state index is -0.136. The number of aromatic nitrogens is 2. The van der Waals surface area contributed by atoms with E-state index in [1.54, 1.807) is 0 Å². The largest absolute Gasteiger partial charge is 0.457 e. The van der Waals surface area contributed by atoms with Gasteiger partial charge in [-0.3, -0.25) is 4.57 Å². The van der Waals surface area contributed by atoms with Crippen molar-refractivity contribution >= 4 is 76.1 Å². The Hall–Kier alpha value is -7.67. The average Bonchev–Trinajstić information content (AvgIpc) is 4.19. The van der Waals surface area contributed by atoms with Crippen molar-refractivity contribution in [1.82, 2.24) is 9.55 Å². The summed E-state index contributed by atoms with van der Waals surface area (Å²) in [5, 5.41) is 13.0. The molecule has 0 aliphatic heterocycles. The Morgan fingerprint density at radius 1 is 0.386 bits per heavy atom. The van der Waals surface area contributed by atoms with Crippen molar-refractivity contribution in [3.63, 3.8) is 0 Å². The summed E-state index contributed by atoms with van der Waals surface area (Å²) in [5.41, 5.74) is 18.2. The van der Waals surface area contributed by atoms with Gasteiger partial charge in [0.25, 0.3) is 0 Å². The molecule has 0 aliphatic carbocycles. The number of ether oxygens (including phenoxy) is 1. The van der Waals surface area contributed by atoms with Crippen molar-refractivity contribution in [2.75, 3.05) is 10.6 Å². The molecular formula is C77H84N4OS. The molecule has 0 aliphatic rings. The molecule has 5 nitrogen and oxygen atoms in total. The van der Waals surface area contributed by atoms with E-state index in [1.807, 2.05) is 23.6 Å². The summed E-state index contributed by atoms with van der Waals surface area (Å²) in [5.74, 6) is 2.36. The number of thiophene rings is 1. The van der Waals surface area contributed by atoms with E-state index in [4.69, 9.17) is 9.72 Å². The number of rotatable bonds is 9. The number of anilines is 4. The highest BCUT2D eigenvalue weighted by atomic mass is 32.1. The fourth-order valence-corrected chi connectivity index (χ4v) is 12.5. The van der Waals surface area contributed by atoms with Gasteiger partial charge >= 0.3 is 0 Å². The second-order valence-electron chi connectivity index (χ2n) is 29.3. The van der Waals surface area contributed by atoms with Gasteiger partial charge in [-0.2, -0.15) is 0 Å². The van der Waals surface area contributed by atoms with Crippen LogP contribution in [0.4, 0.5) is 22.7 Å². The van der Waals surface area contributed by atoms with Gasteiger partial charge in [0, 0.05) is 66.1 Å². The normalized spacial score (nSPS) is 12.9. The van der Waals surface area contributed by atoms with Gasteiger partial charge in [-0.1, -0.05) is 197 Å². The zero-order valence-electron chi connectivity index (χ0n) is 52.4. The highest BCUT2D eigenvalue weighted by Gasteiger charge is 2.29. The molecule has 0 atom stereocenters. The van der Waals surface area contributed by atoms with Crippen molar-refractivity contribution < 1.29 is 4.74 Å². The van der Waals surface area contributed by atoms with Crippen LogP contribution >= 0.6 is 11.3 Å². The summed E-state index contributed by atoms with van der Waals surface area (Å²) in [7, 11) is 0. The first kappa shape index (κ1) is 57.2. The summed E-state index contributed by atoms with van der Waals surface area (Å²) in [4.78, 5) is 5.04. The quantitative estimate of drug-likeness (QED) is 0.151. The van der Waals surface area contributed by atoms with Crippen LogP contribution in [0.25, 0.3) is 70.0 Å². The second kappa shape index (κ2) is 20.6. The van der Waals surface area contributed by atoms with Crippen LogP contribution in [0.1, 0.15) is 158 Å². The molecule has 11 rings (SSSR count). The zero-order chi connectivity index (χ0) is 59.3. The minimum absolute atomic E-state index is 0.0506. The summed E-state index contributed by atoms with van der Waals surface area (Å²) in [6, 6.07) is 60.6. The van der Waals surface area contributed by atoms with Crippen molar-refractivity contribution in [3.05, 3.63) is 203 Å². The highest BCUT2D eigenvalue weighted by Crippen LogP contribution is 2.49. The molecule has 0 amide bonds. The van der Waals surface area contributed by atoms with Crippen LogP contribution in [0.15, 0.2) is 170 Å². The number of hydrogen-bond acceptors (Lipinski definition) is 5. The Bertz CT molecular complexity index is 4140. The molecule has 8 aromatic carbocycles. The lowest BCUT2D eigenvalue weighted by atomic mass is 9.76. The maximum Gasteiger partial charge on any atom is 0.137 e. The lowest BCUT2D eigenvalue weighted by Crippen LogP contribution is -2.17. The van der Waals surface area contributed by atoms with Crippen LogP contribution in [0.2, 0.25) is 0 Å². The van der Waals surface area contributed by atoms with E-state index >= 15 is 0 Å². The third-order valence-corrected chi connectivity index (χ3v) is 17.7. The number of benzene rings is 8. The molecule has 0 saturated carbocycles. The predicted molar refractivity (Wildman–Crippen MR) is 361 cm³/mol. The first-order chi connectivity index (χ1) is 38.9. The van der Waals surface area contributed by atoms with Gasteiger partial charge in [-0.25, -0.2) is 4.98 Å². The molecule has 6 heteroatoms. The highest BCUT2D eigenvalue weighted by molar-refractivity contribution is 7.26. The van der Waals surface area contributed by atoms with Crippen LogP contribution in [0.5, 0.6) is 11.5 Å². The predicted octanol–water partition coefficient (Wildman–Crippen LogP) is 22.9. The van der Waals surface area contributed by atoms with Crippen LogP contribution in [0.3, 0.4) is 0 Å². The van der Waals surface area contributed by atoms with Gasteiger partial charge in [-0.15, -0.1) is 11.3 Å². The maximum absolute atomic E-state index is 6.91. The number of nitrogens with zero attached hydrogens (tertiary/aromatic N) is 2. The maximum atomic E-state index is 6.91. The standard InChI is InChI=1S/C77H84N4OS/c1-72(2,3)49-34-35-78-68(44-49)81-64-32-33-67-70(59-26-19-22-29-66(59)83-67)69(64)58-31-30-57(46-65(58)81)82-56-25-23-24-55(45-56)79-62-27-20-21-28-63(62)80-71-60(47-36-50(73(4,5)6)40-51(37-47)74(7,8)9)42-54(77(16,17)18)43-61(71)48-38-52(75(10,11)12)41-53(39-48)76(13,14)15/h19-46,79-80H,1-18H3. The van der Waals surface area contributed by atoms with Crippen LogP contribution in [0, 0.1) is 0 Å². The van der Waals surface area contributed by atoms with Crippen LogP contribution in [-0.2, 0) is 32.5 Å². The number of pyridine rings is 1. The molecule has 0 saturated heterocycles. The molecule has 0 spiro atoms. The Kier molecular flexibility index (Phi) is 14.2. The van der Waals surface area contributed by atoms with E-state index in [1.165, 1.54) is 81.2 Å². The van der Waals surface area contributed by atoms with Crippen molar-refractivity contribution in [2.24, 2.45) is 0 Å². The third-order valence-electron chi connectivity index (χ3n) is 16.6. The van der Waals surface area contributed by atoms with Crippen molar-refractivity contribution in [3.8, 4) is 39.6 Å². The molecule has 11 aromatic rings. The first-order valence-electron chi connectivity index (χ1n) is 29.7. The van der Waals surface area contributed by atoms with Crippen LogP contribution in [-0.4, -0.2) is 9.55 Å². The van der Waals surface area contributed by atoms with E-state index in [9.17, 15) is 0 Å². The van der Waals surface area contributed by atoms with E-state index < -0.39 is 0 Å². The monoisotopic (exact) mass is 1110 g/mol. The minimum Gasteiger partial charge on any atom is -0.457 e. The lowest BCUT2D eigenvalue weighted by Gasteiger charge is -2.30. The molecule has 0 fully saturated rings. The van der Waals surface area contributed by atoms with E-state index in [0.29, 0.717) is 0 Å².